The highest BCUT2D eigenvalue weighted by molar-refractivity contribution is 5.79. The van der Waals surface area contributed by atoms with Crippen molar-refractivity contribution in [2.75, 3.05) is 55.7 Å². The van der Waals surface area contributed by atoms with E-state index in [0.717, 1.165) is 12.0 Å². The summed E-state index contributed by atoms with van der Waals surface area (Å²) in [7, 11) is 0. The maximum Gasteiger partial charge on any atom is 0.423 e. The van der Waals surface area contributed by atoms with E-state index >= 15 is 0 Å². The number of ether oxygens (including phenoxy) is 1. The molecule has 198 valence electrons. The van der Waals surface area contributed by atoms with Crippen LogP contribution in [0.4, 0.5) is 24.7 Å². The first kappa shape index (κ1) is 26.4. The number of aromatic nitrogens is 3. The summed E-state index contributed by atoms with van der Waals surface area (Å²) in [6, 6.07) is 5.18. The Morgan fingerprint density at radius 3 is 2.65 bits per heavy atom. The minimum Gasteiger partial charge on any atom is -0.379 e. The summed E-state index contributed by atoms with van der Waals surface area (Å²) in [6.07, 6.45) is -0.987. The van der Waals surface area contributed by atoms with Gasteiger partial charge in [0.2, 0.25) is 5.91 Å². The smallest absolute Gasteiger partial charge is 0.379 e. The molecule has 4 rings (SSSR count). The van der Waals surface area contributed by atoms with Crippen molar-refractivity contribution >= 4 is 17.4 Å². The Hall–Kier alpha value is -3.66. The van der Waals surface area contributed by atoms with Gasteiger partial charge < -0.3 is 19.4 Å². The lowest BCUT2D eigenvalue weighted by molar-refractivity contribution is -0.139. The molecule has 0 saturated carbocycles. The van der Waals surface area contributed by atoms with Gasteiger partial charge in [0.1, 0.15) is 17.5 Å². The lowest BCUT2D eigenvalue weighted by atomic mass is 10.1. The fourth-order valence-corrected chi connectivity index (χ4v) is 4.77. The minimum atomic E-state index is -4.80. The van der Waals surface area contributed by atoms with Crippen molar-refractivity contribution in [3.05, 3.63) is 46.0 Å². The van der Waals surface area contributed by atoms with Gasteiger partial charge in [-0.25, -0.2) is 10.1 Å². The molecule has 13 heteroatoms. The van der Waals surface area contributed by atoms with Crippen LogP contribution in [-0.2, 0) is 15.7 Å². The van der Waals surface area contributed by atoms with Crippen LogP contribution in [0.3, 0.4) is 0 Å². The topological polar surface area (TPSA) is 118 Å². The quantitative estimate of drug-likeness (QED) is 0.591. The molecule has 1 N–H and O–H groups in total. The Labute approximate surface area is 211 Å². The third-order valence-corrected chi connectivity index (χ3v) is 6.70. The van der Waals surface area contributed by atoms with Gasteiger partial charge in [0.25, 0.3) is 5.56 Å². The molecule has 0 spiro atoms. The summed E-state index contributed by atoms with van der Waals surface area (Å²) in [5.41, 5.74) is -2.29. The Bertz CT molecular complexity index is 1190. The van der Waals surface area contributed by atoms with Crippen LogP contribution in [-0.4, -0.2) is 78.0 Å². The average Bonchev–Trinajstić information content (AvgIpc) is 3.36. The highest BCUT2D eigenvalue weighted by Gasteiger charge is 2.40. The summed E-state index contributed by atoms with van der Waals surface area (Å²) in [5, 5.41) is 14.3. The largest absolute Gasteiger partial charge is 0.423 e. The van der Waals surface area contributed by atoms with E-state index in [1.165, 1.54) is 11.1 Å². The highest BCUT2D eigenvalue weighted by atomic mass is 19.4. The molecule has 2 aliphatic heterocycles. The van der Waals surface area contributed by atoms with Crippen molar-refractivity contribution < 1.29 is 22.7 Å². The lowest BCUT2D eigenvalue weighted by Crippen LogP contribution is -2.50. The zero-order valence-corrected chi connectivity index (χ0v) is 20.4. The summed E-state index contributed by atoms with van der Waals surface area (Å²) in [4.78, 5) is 34.4. The van der Waals surface area contributed by atoms with Gasteiger partial charge >= 0.3 is 6.18 Å². The number of carbonyl (C=O) groups is 1. The molecule has 0 aromatic carbocycles. The van der Waals surface area contributed by atoms with Gasteiger partial charge in [-0.1, -0.05) is 6.92 Å². The number of anilines is 2. The molecular formula is C24H28F3N7O3. The summed E-state index contributed by atoms with van der Waals surface area (Å²) in [6.45, 7) is 4.68. The lowest BCUT2D eigenvalue weighted by Gasteiger charge is -2.36. The second-order valence-electron chi connectivity index (χ2n) is 9.21. The summed E-state index contributed by atoms with van der Waals surface area (Å²) in [5.74, 6) is 0.295. The maximum absolute atomic E-state index is 13.5. The number of halogens is 3. The van der Waals surface area contributed by atoms with E-state index in [4.69, 9.17) is 10.00 Å². The average molecular weight is 520 g/mol. The Kier molecular flexibility index (Phi) is 7.97. The molecule has 2 fully saturated rings. The van der Waals surface area contributed by atoms with E-state index in [2.05, 4.69) is 15.0 Å². The van der Waals surface area contributed by atoms with Gasteiger partial charge in [-0.05, 0) is 25.0 Å². The van der Waals surface area contributed by atoms with Crippen molar-refractivity contribution in [1.29, 1.82) is 5.26 Å². The van der Waals surface area contributed by atoms with Crippen LogP contribution in [0.2, 0.25) is 0 Å². The monoisotopic (exact) mass is 519 g/mol. The first-order valence-electron chi connectivity index (χ1n) is 12.1. The van der Waals surface area contributed by atoms with Crippen molar-refractivity contribution in [3.63, 3.8) is 0 Å². The fourth-order valence-electron chi connectivity index (χ4n) is 4.77. The molecule has 0 bridgehead atoms. The number of hydrogen-bond acceptors (Lipinski definition) is 8. The van der Waals surface area contributed by atoms with Gasteiger partial charge in [-0.2, -0.15) is 23.5 Å². The molecule has 2 atom stereocenters. The van der Waals surface area contributed by atoms with Gasteiger partial charge in [0, 0.05) is 38.9 Å². The van der Waals surface area contributed by atoms with Crippen molar-refractivity contribution in [2.45, 2.75) is 32.0 Å². The van der Waals surface area contributed by atoms with Crippen LogP contribution in [0.15, 0.2) is 29.3 Å². The standard InChI is InChI=1S/C24H28F3N7O3/c1-16(23(36)33-9-7-32(8-10-33)20-5-4-17(11-28)12-29-20)14-37-15-18-3-2-6-34(18)19-13-30-31-22(35)21(19)24(25,26)27/h4-5,12-13,16,18H,2-3,6-10,14-15H2,1H3,(H,31,35)/t16?,18-/m0/s1. The first-order chi connectivity index (χ1) is 17.7. The summed E-state index contributed by atoms with van der Waals surface area (Å²) >= 11 is 0. The Morgan fingerprint density at radius 1 is 1.24 bits per heavy atom. The van der Waals surface area contributed by atoms with Crippen LogP contribution >= 0.6 is 0 Å². The van der Waals surface area contributed by atoms with E-state index < -0.39 is 23.2 Å². The normalized spacial score (nSPS) is 19.1. The van der Waals surface area contributed by atoms with Gasteiger partial charge in [-0.15, -0.1) is 0 Å². The number of rotatable bonds is 7. The number of nitriles is 1. The van der Waals surface area contributed by atoms with Crippen LogP contribution < -0.4 is 15.4 Å². The van der Waals surface area contributed by atoms with E-state index in [9.17, 15) is 22.8 Å². The van der Waals surface area contributed by atoms with Gasteiger partial charge in [0.15, 0.2) is 0 Å². The molecule has 1 amide bonds. The maximum atomic E-state index is 13.5. The third kappa shape index (κ3) is 6.02. The Morgan fingerprint density at radius 2 is 2.00 bits per heavy atom. The van der Waals surface area contributed by atoms with Crippen molar-refractivity contribution in [1.82, 2.24) is 20.1 Å². The highest BCUT2D eigenvalue weighted by Crippen LogP contribution is 2.36. The number of alkyl halides is 3. The number of H-pyrrole nitrogens is 1. The van der Waals surface area contributed by atoms with Crippen LogP contribution in [0.1, 0.15) is 30.9 Å². The zero-order chi connectivity index (χ0) is 26.6. The summed E-state index contributed by atoms with van der Waals surface area (Å²) < 4.78 is 46.3. The molecule has 2 aliphatic rings. The first-order valence-corrected chi connectivity index (χ1v) is 12.1. The number of amides is 1. The molecule has 2 saturated heterocycles. The molecule has 2 aromatic heterocycles. The van der Waals surface area contributed by atoms with Crippen molar-refractivity contribution in [3.8, 4) is 6.07 Å². The number of nitrogens with zero attached hydrogens (tertiary/aromatic N) is 6. The molecular weight excluding hydrogens is 491 g/mol. The predicted molar refractivity (Wildman–Crippen MR) is 128 cm³/mol. The molecule has 2 aromatic rings. The van der Waals surface area contributed by atoms with E-state index in [-0.39, 0.29) is 30.9 Å². The van der Waals surface area contributed by atoms with E-state index in [0.29, 0.717) is 51.1 Å². The molecule has 0 aliphatic carbocycles. The zero-order valence-electron chi connectivity index (χ0n) is 20.4. The number of carbonyl (C=O) groups excluding carboxylic acids is 1. The predicted octanol–water partition coefficient (Wildman–Crippen LogP) is 2.03. The molecule has 37 heavy (non-hydrogen) atoms. The van der Waals surface area contributed by atoms with Gasteiger partial charge in [0.05, 0.1) is 42.6 Å². The van der Waals surface area contributed by atoms with Crippen LogP contribution in [0.25, 0.3) is 0 Å². The van der Waals surface area contributed by atoms with Gasteiger partial charge in [-0.3, -0.25) is 9.59 Å². The Balaban J connectivity index is 1.28. The van der Waals surface area contributed by atoms with Crippen molar-refractivity contribution in [2.24, 2.45) is 5.92 Å². The SMILES string of the molecule is CC(COC[C@@H]1CCCN1c1cn[nH]c(=O)c1C(F)(F)F)C(=O)N1CCN(c2ccc(C#N)cn2)CC1. The number of aromatic amines is 1. The molecule has 1 unspecified atom stereocenters. The molecule has 10 nitrogen and oxygen atoms in total. The second-order valence-corrected chi connectivity index (χ2v) is 9.21. The third-order valence-electron chi connectivity index (χ3n) is 6.70. The second kappa shape index (κ2) is 11.2. The molecule has 4 heterocycles. The number of piperazine rings is 1. The minimum absolute atomic E-state index is 0.0473. The number of nitrogens with one attached hydrogen (secondary N) is 1. The number of hydrogen-bond donors (Lipinski definition) is 1. The fraction of sp³-hybridized carbons (Fsp3) is 0.542. The number of pyridine rings is 1. The van der Waals surface area contributed by atoms with E-state index in [1.807, 2.05) is 11.2 Å². The molecule has 0 radical (unpaired) electrons. The van der Waals surface area contributed by atoms with E-state index in [1.54, 1.807) is 24.0 Å². The van der Waals surface area contributed by atoms with Crippen LogP contribution in [0.5, 0.6) is 0 Å². The van der Waals surface area contributed by atoms with Crippen LogP contribution in [0, 0.1) is 17.2 Å².